The monoisotopic (exact) mass is 551 g/mol. The van der Waals surface area contributed by atoms with Crippen LogP contribution in [0.3, 0.4) is 0 Å². The molecule has 0 saturated heterocycles. The quantitative estimate of drug-likeness (QED) is 0.219. The first-order valence-corrected chi connectivity index (χ1v) is 13.8. The Kier molecular flexibility index (Phi) is 16.2. The number of aliphatic imine (C=N–C) groups is 1. The summed E-state index contributed by atoms with van der Waals surface area (Å²) in [6.07, 6.45) is 4.41. The number of nitrogens with zero attached hydrogens (tertiary/aromatic N) is 4. The predicted molar refractivity (Wildman–Crippen MR) is 163 cm³/mol. The molecule has 2 heterocycles. The van der Waals surface area contributed by atoms with E-state index in [0.717, 1.165) is 35.7 Å². The summed E-state index contributed by atoms with van der Waals surface area (Å²) >= 11 is 0. The fourth-order valence-electron chi connectivity index (χ4n) is 3.14. The molecule has 10 heteroatoms. The summed E-state index contributed by atoms with van der Waals surface area (Å²) in [5.74, 6) is 0.710. The van der Waals surface area contributed by atoms with Crippen molar-refractivity contribution in [1.29, 1.82) is 0 Å². The van der Waals surface area contributed by atoms with Gasteiger partial charge < -0.3 is 20.5 Å². The highest BCUT2D eigenvalue weighted by Gasteiger charge is 2.11. The Morgan fingerprint density at radius 1 is 1.00 bits per heavy atom. The molecule has 3 rings (SSSR count). The molecular weight excluding hydrogens is 506 g/mol. The van der Waals surface area contributed by atoms with Gasteiger partial charge in [0.05, 0.1) is 24.1 Å². The zero-order chi connectivity index (χ0) is 29.9. The SMILES string of the molecule is CC.CCNCC(C)C.CCOC(=O)NC(N)=Nc1ccc(-c2cnc(OC(C)C)nc2)cc1-c1ccccn1. The molecule has 4 N–H and O–H groups in total. The Bertz CT molecular complexity index is 1150. The third-order valence-corrected chi connectivity index (χ3v) is 4.79. The van der Waals surface area contributed by atoms with Gasteiger partial charge in [0.1, 0.15) is 0 Å². The highest BCUT2D eigenvalue weighted by Crippen LogP contribution is 2.33. The molecule has 2 aromatic heterocycles. The van der Waals surface area contributed by atoms with Crippen molar-refractivity contribution in [3.63, 3.8) is 0 Å². The number of benzene rings is 1. The molecule has 0 aliphatic carbocycles. The topological polar surface area (TPSA) is 137 Å². The van der Waals surface area contributed by atoms with Crippen molar-refractivity contribution in [1.82, 2.24) is 25.6 Å². The van der Waals surface area contributed by atoms with Crippen LogP contribution in [0.1, 0.15) is 55.4 Å². The van der Waals surface area contributed by atoms with Gasteiger partial charge >= 0.3 is 12.1 Å². The molecule has 0 aliphatic rings. The summed E-state index contributed by atoms with van der Waals surface area (Å²) in [6.45, 7) is 18.6. The molecule has 3 aromatic rings. The van der Waals surface area contributed by atoms with Crippen LogP contribution >= 0.6 is 0 Å². The average Bonchev–Trinajstić information content (AvgIpc) is 2.94. The van der Waals surface area contributed by atoms with Gasteiger partial charge in [-0.3, -0.25) is 10.3 Å². The number of pyridine rings is 1. The van der Waals surface area contributed by atoms with Crippen LogP contribution in [0.4, 0.5) is 10.5 Å². The zero-order valence-electron chi connectivity index (χ0n) is 25.1. The van der Waals surface area contributed by atoms with Gasteiger partial charge in [-0.2, -0.15) is 0 Å². The standard InChI is InChI=1S/C22H24N6O3.C6H15N.C2H6/c1-4-30-22(29)28-20(23)27-19-9-8-15(11-17(19)18-7-5-6-10-24-18)16-12-25-21(26-13-16)31-14(2)3;1-4-7-5-6(2)3;1-2/h5-14H,4H2,1-3H3,(H3,23,27,28,29);6-7H,4-5H2,1-3H3;1-2H3. The lowest BCUT2D eigenvalue weighted by Crippen LogP contribution is -2.36. The summed E-state index contributed by atoms with van der Waals surface area (Å²) < 4.78 is 10.3. The third-order valence-electron chi connectivity index (χ3n) is 4.79. The van der Waals surface area contributed by atoms with Crippen molar-refractivity contribution in [3.8, 4) is 28.4 Å². The molecule has 0 aliphatic heterocycles. The zero-order valence-corrected chi connectivity index (χ0v) is 25.1. The number of hydrogen-bond acceptors (Lipinski definition) is 8. The minimum Gasteiger partial charge on any atom is -0.461 e. The van der Waals surface area contributed by atoms with E-state index in [4.69, 9.17) is 15.2 Å². The molecule has 0 fully saturated rings. The average molecular weight is 552 g/mol. The maximum Gasteiger partial charge on any atom is 0.413 e. The Balaban J connectivity index is 0.000000775. The van der Waals surface area contributed by atoms with Crippen LogP contribution in [-0.4, -0.2) is 52.8 Å². The summed E-state index contributed by atoms with van der Waals surface area (Å²) in [7, 11) is 0. The number of nitrogens with one attached hydrogen (secondary N) is 2. The third kappa shape index (κ3) is 12.7. The van der Waals surface area contributed by atoms with Gasteiger partial charge in [0.15, 0.2) is 0 Å². The van der Waals surface area contributed by atoms with Crippen molar-refractivity contribution in [2.45, 2.75) is 61.5 Å². The van der Waals surface area contributed by atoms with Crippen LogP contribution in [0.15, 0.2) is 60.0 Å². The lowest BCUT2D eigenvalue weighted by Gasteiger charge is -2.11. The molecule has 1 amide bonds. The number of amides is 1. The first-order valence-electron chi connectivity index (χ1n) is 13.8. The second-order valence-electron chi connectivity index (χ2n) is 8.91. The van der Waals surface area contributed by atoms with E-state index >= 15 is 0 Å². The number of carbonyl (C=O) groups excluding carboxylic acids is 1. The summed E-state index contributed by atoms with van der Waals surface area (Å²) in [5.41, 5.74) is 9.52. The van der Waals surface area contributed by atoms with E-state index in [0.29, 0.717) is 17.4 Å². The number of nitrogens with two attached hydrogens (primary N) is 1. The molecule has 0 bridgehead atoms. The minimum absolute atomic E-state index is 0.00701. The Labute approximate surface area is 238 Å². The van der Waals surface area contributed by atoms with Gasteiger partial charge in [0.25, 0.3) is 0 Å². The summed E-state index contributed by atoms with van der Waals surface area (Å²) in [4.78, 5) is 28.9. The molecule has 1 aromatic carbocycles. The highest BCUT2D eigenvalue weighted by atomic mass is 16.5. The van der Waals surface area contributed by atoms with Gasteiger partial charge in [-0.25, -0.2) is 19.8 Å². The van der Waals surface area contributed by atoms with Crippen LogP contribution in [-0.2, 0) is 4.74 Å². The number of ether oxygens (including phenoxy) is 2. The van der Waals surface area contributed by atoms with Crippen molar-refractivity contribution in [3.05, 3.63) is 55.0 Å². The molecule has 40 heavy (non-hydrogen) atoms. The maximum atomic E-state index is 11.6. The van der Waals surface area contributed by atoms with E-state index in [-0.39, 0.29) is 18.7 Å². The lowest BCUT2D eigenvalue weighted by atomic mass is 10.0. The normalized spacial score (nSPS) is 10.7. The van der Waals surface area contributed by atoms with Crippen LogP contribution in [0.5, 0.6) is 6.01 Å². The van der Waals surface area contributed by atoms with E-state index in [1.807, 2.05) is 58.0 Å². The van der Waals surface area contributed by atoms with E-state index in [9.17, 15) is 4.79 Å². The van der Waals surface area contributed by atoms with Gasteiger partial charge in [0, 0.05) is 29.7 Å². The summed E-state index contributed by atoms with van der Waals surface area (Å²) in [5, 5.41) is 5.64. The maximum absolute atomic E-state index is 11.6. The van der Waals surface area contributed by atoms with Crippen LogP contribution < -0.4 is 21.1 Å². The molecule has 10 nitrogen and oxygen atoms in total. The molecular formula is C30H45N7O3. The number of rotatable bonds is 9. The van der Waals surface area contributed by atoms with Crippen LogP contribution in [0.25, 0.3) is 22.4 Å². The van der Waals surface area contributed by atoms with Crippen LogP contribution in [0.2, 0.25) is 0 Å². The second-order valence-corrected chi connectivity index (χ2v) is 8.91. The van der Waals surface area contributed by atoms with Gasteiger partial charge in [0.2, 0.25) is 5.96 Å². The summed E-state index contributed by atoms with van der Waals surface area (Å²) in [6, 6.07) is 11.5. The van der Waals surface area contributed by atoms with Crippen molar-refractivity contribution >= 4 is 17.7 Å². The molecule has 0 saturated carbocycles. The van der Waals surface area contributed by atoms with Gasteiger partial charge in [-0.1, -0.05) is 46.8 Å². The number of aromatic nitrogens is 3. The lowest BCUT2D eigenvalue weighted by molar-refractivity contribution is 0.157. The van der Waals surface area contributed by atoms with Crippen molar-refractivity contribution in [2.24, 2.45) is 16.6 Å². The molecule has 0 spiro atoms. The van der Waals surface area contributed by atoms with Gasteiger partial charge in [-0.15, -0.1) is 0 Å². The number of guanidine groups is 1. The number of carbonyl (C=O) groups is 1. The predicted octanol–water partition coefficient (Wildman–Crippen LogP) is 5.96. The number of hydrogen-bond donors (Lipinski definition) is 3. The van der Waals surface area contributed by atoms with Crippen molar-refractivity contribution < 1.29 is 14.3 Å². The van der Waals surface area contributed by atoms with E-state index in [1.54, 1.807) is 31.6 Å². The largest absolute Gasteiger partial charge is 0.461 e. The Morgan fingerprint density at radius 2 is 1.70 bits per heavy atom. The molecule has 218 valence electrons. The Hall–Kier alpha value is -4.05. The molecule has 0 atom stereocenters. The number of alkyl carbamates (subject to hydrolysis) is 1. The van der Waals surface area contributed by atoms with E-state index in [2.05, 4.69) is 51.3 Å². The van der Waals surface area contributed by atoms with Crippen LogP contribution in [0, 0.1) is 5.92 Å². The smallest absolute Gasteiger partial charge is 0.413 e. The van der Waals surface area contributed by atoms with Gasteiger partial charge in [-0.05, 0) is 69.6 Å². The first-order chi connectivity index (χ1) is 19.2. The van der Waals surface area contributed by atoms with E-state index < -0.39 is 6.09 Å². The second kappa shape index (κ2) is 19.1. The minimum atomic E-state index is -0.666. The fourth-order valence-corrected chi connectivity index (χ4v) is 3.14. The first kappa shape index (κ1) is 34.0. The molecule has 0 radical (unpaired) electrons. The fraction of sp³-hybridized carbons (Fsp3) is 0.433. The molecule has 0 unspecified atom stereocenters. The van der Waals surface area contributed by atoms with E-state index in [1.165, 1.54) is 0 Å². The highest BCUT2D eigenvalue weighted by molar-refractivity contribution is 5.95. The Morgan fingerprint density at radius 3 is 2.23 bits per heavy atom. The van der Waals surface area contributed by atoms with Crippen molar-refractivity contribution in [2.75, 3.05) is 19.7 Å².